The number of nitrogens with zero attached hydrogens (tertiary/aromatic N) is 2. The highest BCUT2D eigenvalue weighted by molar-refractivity contribution is 5.93. The fourth-order valence-electron chi connectivity index (χ4n) is 3.83. The summed E-state index contributed by atoms with van der Waals surface area (Å²) in [4.78, 5) is 22.7. The highest BCUT2D eigenvalue weighted by atomic mass is 16.1. The van der Waals surface area contributed by atoms with Gasteiger partial charge in [0.25, 0.3) is 0 Å². The van der Waals surface area contributed by atoms with E-state index >= 15 is 0 Å². The number of aromatic nitrogens is 2. The third kappa shape index (κ3) is 4.67. The molecule has 4 rings (SSSR count). The zero-order chi connectivity index (χ0) is 22.0. The first-order valence-corrected chi connectivity index (χ1v) is 10.5. The highest BCUT2D eigenvalue weighted by Gasteiger charge is 2.14. The van der Waals surface area contributed by atoms with Crippen LogP contribution in [0.2, 0.25) is 0 Å². The van der Waals surface area contributed by atoms with E-state index in [9.17, 15) is 4.79 Å². The van der Waals surface area contributed by atoms with Crippen molar-refractivity contribution in [1.82, 2.24) is 14.9 Å². The minimum Gasteiger partial charge on any atom is -0.338 e. The summed E-state index contributed by atoms with van der Waals surface area (Å²) in [7, 11) is 3.95. The first kappa shape index (κ1) is 20.8. The molecule has 2 N–H and O–H groups in total. The Morgan fingerprint density at radius 2 is 1.68 bits per heavy atom. The molecule has 0 spiro atoms. The topological polar surface area (TPSA) is 61.0 Å². The summed E-state index contributed by atoms with van der Waals surface area (Å²) in [5, 5.41) is 3.04. The van der Waals surface area contributed by atoms with Crippen LogP contribution in [0.15, 0.2) is 66.7 Å². The molecular weight excluding hydrogens is 384 g/mol. The van der Waals surface area contributed by atoms with Gasteiger partial charge in [-0.15, -0.1) is 0 Å². The van der Waals surface area contributed by atoms with Crippen molar-refractivity contribution >= 4 is 22.6 Å². The molecule has 0 aliphatic rings. The number of hydrogen-bond acceptors (Lipinski definition) is 3. The van der Waals surface area contributed by atoms with Crippen LogP contribution in [-0.2, 0) is 4.79 Å². The van der Waals surface area contributed by atoms with E-state index in [0.29, 0.717) is 6.54 Å². The van der Waals surface area contributed by atoms with E-state index in [0.717, 1.165) is 44.8 Å². The van der Waals surface area contributed by atoms with Crippen molar-refractivity contribution in [3.05, 3.63) is 72.3 Å². The van der Waals surface area contributed by atoms with Gasteiger partial charge in [-0.1, -0.05) is 49.4 Å². The molecule has 158 valence electrons. The average molecular weight is 413 g/mol. The second-order valence-corrected chi connectivity index (χ2v) is 8.37. The van der Waals surface area contributed by atoms with Gasteiger partial charge in [0.1, 0.15) is 5.82 Å². The molecule has 1 heterocycles. The van der Waals surface area contributed by atoms with Crippen molar-refractivity contribution in [3.63, 3.8) is 0 Å². The van der Waals surface area contributed by atoms with Gasteiger partial charge in [-0.05, 0) is 62.0 Å². The van der Waals surface area contributed by atoms with Gasteiger partial charge in [0, 0.05) is 23.7 Å². The van der Waals surface area contributed by atoms with Crippen LogP contribution in [0.25, 0.3) is 33.5 Å². The Morgan fingerprint density at radius 3 is 2.42 bits per heavy atom. The number of nitrogens with one attached hydrogen (secondary N) is 2. The lowest BCUT2D eigenvalue weighted by Crippen LogP contribution is -2.29. The minimum atomic E-state index is -0.0847. The largest absolute Gasteiger partial charge is 0.338 e. The molecule has 0 saturated heterocycles. The van der Waals surface area contributed by atoms with Crippen LogP contribution in [-0.4, -0.2) is 41.4 Å². The zero-order valence-corrected chi connectivity index (χ0v) is 18.4. The Hall–Kier alpha value is -3.44. The van der Waals surface area contributed by atoms with Crippen molar-refractivity contribution in [3.8, 4) is 22.5 Å². The van der Waals surface area contributed by atoms with Crippen molar-refractivity contribution in [1.29, 1.82) is 0 Å². The molecule has 0 radical (unpaired) electrons. The molecule has 0 saturated carbocycles. The van der Waals surface area contributed by atoms with E-state index in [-0.39, 0.29) is 11.8 Å². The van der Waals surface area contributed by atoms with E-state index in [1.54, 1.807) is 0 Å². The second kappa shape index (κ2) is 8.74. The number of carbonyl (C=O) groups excluding carboxylic acids is 1. The van der Waals surface area contributed by atoms with Gasteiger partial charge in [0.15, 0.2) is 0 Å². The maximum atomic E-state index is 12.5. The van der Waals surface area contributed by atoms with Gasteiger partial charge < -0.3 is 15.2 Å². The summed E-state index contributed by atoms with van der Waals surface area (Å²) in [6.07, 6.45) is 0. The van der Waals surface area contributed by atoms with Crippen LogP contribution in [0.5, 0.6) is 0 Å². The predicted molar refractivity (Wildman–Crippen MR) is 128 cm³/mol. The van der Waals surface area contributed by atoms with Crippen LogP contribution >= 0.6 is 0 Å². The summed E-state index contributed by atoms with van der Waals surface area (Å²) in [6, 6.07) is 22.4. The lowest BCUT2D eigenvalue weighted by Gasteiger charge is -2.17. The number of carbonyl (C=O) groups is 1. The fraction of sp³-hybridized carbons (Fsp3) is 0.231. The molecule has 4 aromatic rings. The molecule has 3 aromatic carbocycles. The van der Waals surface area contributed by atoms with Crippen LogP contribution in [0.4, 0.5) is 5.69 Å². The van der Waals surface area contributed by atoms with Gasteiger partial charge in [0.05, 0.1) is 11.0 Å². The van der Waals surface area contributed by atoms with Crippen molar-refractivity contribution in [2.45, 2.75) is 13.8 Å². The molecule has 31 heavy (non-hydrogen) atoms. The first-order valence-electron chi connectivity index (χ1n) is 10.5. The van der Waals surface area contributed by atoms with Crippen LogP contribution in [0, 0.1) is 12.8 Å². The van der Waals surface area contributed by atoms with Crippen LogP contribution in [0.1, 0.15) is 12.5 Å². The number of hydrogen-bond donors (Lipinski definition) is 2. The van der Waals surface area contributed by atoms with Crippen molar-refractivity contribution < 1.29 is 4.79 Å². The SMILES string of the molecule is Cc1cccc2[nH]c(-c3cccc(-c4cccc(NC(=O)C(C)CN(C)C)c4)c3)nc12. The van der Waals surface area contributed by atoms with Gasteiger partial charge in [0.2, 0.25) is 5.91 Å². The second-order valence-electron chi connectivity index (χ2n) is 8.37. The molecule has 1 amide bonds. The van der Waals surface area contributed by atoms with Crippen molar-refractivity contribution in [2.24, 2.45) is 5.92 Å². The third-order valence-corrected chi connectivity index (χ3v) is 5.40. The Labute approximate surface area is 183 Å². The molecule has 0 bridgehead atoms. The highest BCUT2D eigenvalue weighted by Crippen LogP contribution is 2.28. The summed E-state index contributed by atoms with van der Waals surface area (Å²) >= 11 is 0. The maximum Gasteiger partial charge on any atom is 0.228 e. The molecule has 5 heteroatoms. The summed E-state index contributed by atoms with van der Waals surface area (Å²) < 4.78 is 0. The van der Waals surface area contributed by atoms with Gasteiger partial charge in [-0.3, -0.25) is 4.79 Å². The molecular formula is C26H28N4O. The Balaban J connectivity index is 1.60. The molecule has 1 aromatic heterocycles. The summed E-state index contributed by atoms with van der Waals surface area (Å²) in [5.41, 5.74) is 7.15. The lowest BCUT2D eigenvalue weighted by atomic mass is 10.0. The van der Waals surface area contributed by atoms with E-state index in [1.807, 2.05) is 62.3 Å². The number of aromatic amines is 1. The first-order chi connectivity index (χ1) is 14.9. The van der Waals surface area contributed by atoms with Gasteiger partial charge in [-0.2, -0.15) is 0 Å². The fourth-order valence-corrected chi connectivity index (χ4v) is 3.83. The average Bonchev–Trinajstić information content (AvgIpc) is 3.19. The van der Waals surface area contributed by atoms with Gasteiger partial charge in [-0.25, -0.2) is 4.98 Å². The minimum absolute atomic E-state index is 0.0252. The number of H-pyrrole nitrogens is 1. The van der Waals surface area contributed by atoms with Crippen LogP contribution < -0.4 is 5.32 Å². The van der Waals surface area contributed by atoms with Crippen molar-refractivity contribution in [2.75, 3.05) is 26.0 Å². The smallest absolute Gasteiger partial charge is 0.228 e. The Bertz CT molecular complexity index is 1230. The van der Waals surface area contributed by atoms with E-state index in [4.69, 9.17) is 4.98 Å². The standard InChI is InChI=1S/C26H28N4O/c1-17-8-5-13-23-24(17)29-25(28-23)21-11-6-9-19(14-21)20-10-7-12-22(15-20)27-26(31)18(2)16-30(3)4/h5-15,18H,16H2,1-4H3,(H,27,31)(H,28,29). The molecule has 0 aliphatic carbocycles. The number of rotatable bonds is 6. The number of aryl methyl sites for hydroxylation is 1. The molecule has 0 fully saturated rings. The number of benzene rings is 3. The Kier molecular flexibility index (Phi) is 5.87. The zero-order valence-electron chi connectivity index (χ0n) is 18.4. The maximum absolute atomic E-state index is 12.5. The van der Waals surface area contributed by atoms with E-state index in [1.165, 1.54) is 0 Å². The Morgan fingerprint density at radius 1 is 1.00 bits per heavy atom. The predicted octanol–water partition coefficient (Wildman–Crippen LogP) is 5.34. The molecule has 5 nitrogen and oxygen atoms in total. The lowest BCUT2D eigenvalue weighted by molar-refractivity contribution is -0.119. The number of amides is 1. The van der Waals surface area contributed by atoms with E-state index < -0.39 is 0 Å². The molecule has 0 aliphatic heterocycles. The van der Waals surface area contributed by atoms with E-state index in [2.05, 4.69) is 47.6 Å². The number of fused-ring (bicyclic) bond motifs is 1. The van der Waals surface area contributed by atoms with Crippen LogP contribution in [0.3, 0.4) is 0 Å². The molecule has 1 unspecified atom stereocenters. The van der Waals surface area contributed by atoms with Gasteiger partial charge >= 0.3 is 0 Å². The number of anilines is 1. The molecule has 1 atom stereocenters. The third-order valence-electron chi connectivity index (χ3n) is 5.40. The summed E-state index contributed by atoms with van der Waals surface area (Å²) in [6.45, 7) is 4.73. The quantitative estimate of drug-likeness (QED) is 0.449. The normalized spacial score (nSPS) is 12.3. The number of para-hydroxylation sites is 1. The monoisotopic (exact) mass is 412 g/mol. The summed E-state index contributed by atoms with van der Waals surface area (Å²) in [5.74, 6) is 0.795. The number of imidazole rings is 1.